The van der Waals surface area contributed by atoms with Crippen LogP contribution in [0.5, 0.6) is 0 Å². The van der Waals surface area contributed by atoms with Crippen molar-refractivity contribution in [1.29, 1.82) is 0 Å². The number of anilines is 1. The molecule has 0 saturated carbocycles. The van der Waals surface area contributed by atoms with Crippen molar-refractivity contribution in [1.82, 2.24) is 9.97 Å². The van der Waals surface area contributed by atoms with Gasteiger partial charge >= 0.3 is 0 Å². The highest BCUT2D eigenvalue weighted by molar-refractivity contribution is 5.78. The van der Waals surface area contributed by atoms with E-state index in [2.05, 4.69) is 20.5 Å². The quantitative estimate of drug-likeness (QED) is 0.219. The van der Waals surface area contributed by atoms with E-state index in [0.717, 1.165) is 6.21 Å². The van der Waals surface area contributed by atoms with Crippen molar-refractivity contribution in [3.05, 3.63) is 34.6 Å². The van der Waals surface area contributed by atoms with E-state index in [9.17, 15) is 25.2 Å². The molecule has 2 rings (SSSR count). The van der Waals surface area contributed by atoms with Gasteiger partial charge in [0.05, 0.1) is 23.7 Å². The fourth-order valence-corrected chi connectivity index (χ4v) is 1.94. The van der Waals surface area contributed by atoms with Crippen molar-refractivity contribution in [3.63, 3.8) is 0 Å². The standard InChI is InChI=1S/C14H18N4O6/c19-6-10(21)12(23)11(22)9(20)5-15-18-14-16-8-4-2-1-3-7(8)13(24)17-14/h1-5,9-12,19-23H,6H2,(H2,16,17,18,24)/b15-5+/t9-,10+,11+,12-/m0/s1. The summed E-state index contributed by atoms with van der Waals surface area (Å²) < 4.78 is 0. The smallest absolute Gasteiger partial charge is 0.260 e. The molecule has 0 aliphatic rings. The van der Waals surface area contributed by atoms with Gasteiger partial charge in [-0.3, -0.25) is 9.78 Å². The molecule has 0 radical (unpaired) electrons. The number of hydrazone groups is 1. The lowest BCUT2D eigenvalue weighted by Crippen LogP contribution is -2.46. The molecule has 1 aromatic carbocycles. The Morgan fingerprint density at radius 3 is 2.62 bits per heavy atom. The average Bonchev–Trinajstić information content (AvgIpc) is 2.59. The van der Waals surface area contributed by atoms with Crippen LogP contribution in [0, 0.1) is 0 Å². The summed E-state index contributed by atoms with van der Waals surface area (Å²) in [6.07, 6.45) is -5.89. The first-order chi connectivity index (χ1) is 11.4. The van der Waals surface area contributed by atoms with Crippen LogP contribution in [0.1, 0.15) is 0 Å². The Morgan fingerprint density at radius 2 is 1.92 bits per heavy atom. The van der Waals surface area contributed by atoms with Gasteiger partial charge in [-0.1, -0.05) is 12.1 Å². The molecule has 0 spiro atoms. The molecule has 7 N–H and O–H groups in total. The molecule has 0 saturated heterocycles. The Bertz CT molecular complexity index is 764. The van der Waals surface area contributed by atoms with E-state index >= 15 is 0 Å². The Labute approximate surface area is 135 Å². The molecule has 0 aliphatic heterocycles. The Balaban J connectivity index is 2.04. The minimum absolute atomic E-state index is 0.0209. The number of hydrogen-bond donors (Lipinski definition) is 7. The van der Waals surface area contributed by atoms with E-state index in [-0.39, 0.29) is 11.5 Å². The van der Waals surface area contributed by atoms with Gasteiger partial charge in [0.25, 0.3) is 5.56 Å². The predicted octanol–water partition coefficient (Wildman–Crippen LogP) is -2.24. The lowest BCUT2D eigenvalue weighted by Gasteiger charge is -2.23. The van der Waals surface area contributed by atoms with Crippen LogP contribution in [0.15, 0.2) is 34.2 Å². The summed E-state index contributed by atoms with van der Waals surface area (Å²) >= 11 is 0. The number of aliphatic hydroxyl groups is 5. The third-order valence-corrected chi connectivity index (χ3v) is 3.29. The van der Waals surface area contributed by atoms with Crippen LogP contribution >= 0.6 is 0 Å². The molecule has 0 unspecified atom stereocenters. The fraction of sp³-hybridized carbons (Fsp3) is 0.357. The maximum Gasteiger partial charge on any atom is 0.260 e. The molecule has 10 heteroatoms. The summed E-state index contributed by atoms with van der Waals surface area (Å²) in [6.45, 7) is -0.775. The Kier molecular flexibility index (Phi) is 5.95. The molecule has 0 bridgehead atoms. The highest BCUT2D eigenvalue weighted by Gasteiger charge is 2.29. The third-order valence-electron chi connectivity index (χ3n) is 3.29. The molecular weight excluding hydrogens is 320 g/mol. The Hall–Kier alpha value is -2.37. The van der Waals surface area contributed by atoms with Crippen molar-refractivity contribution < 1.29 is 25.5 Å². The van der Waals surface area contributed by atoms with Gasteiger partial charge in [0.15, 0.2) is 0 Å². The number of para-hydroxylation sites is 1. The van der Waals surface area contributed by atoms with Gasteiger partial charge in [0.1, 0.15) is 24.4 Å². The molecule has 1 aromatic heterocycles. The number of fused-ring (bicyclic) bond motifs is 1. The molecule has 4 atom stereocenters. The first kappa shape index (κ1) is 18.0. The topological polar surface area (TPSA) is 171 Å². The van der Waals surface area contributed by atoms with E-state index in [0.29, 0.717) is 10.9 Å². The van der Waals surface area contributed by atoms with Gasteiger partial charge in [-0.25, -0.2) is 10.4 Å². The lowest BCUT2D eigenvalue weighted by molar-refractivity contribution is -0.0999. The molecule has 0 fully saturated rings. The van der Waals surface area contributed by atoms with Gasteiger partial charge in [-0.05, 0) is 12.1 Å². The molecule has 10 nitrogen and oxygen atoms in total. The summed E-state index contributed by atoms with van der Waals surface area (Å²) in [5.41, 5.74) is 2.45. The van der Waals surface area contributed by atoms with E-state index in [1.807, 2.05) is 0 Å². The van der Waals surface area contributed by atoms with Crippen LogP contribution in [0.3, 0.4) is 0 Å². The summed E-state index contributed by atoms with van der Waals surface area (Å²) in [5.74, 6) is 0.0209. The van der Waals surface area contributed by atoms with Crippen molar-refractivity contribution in [2.45, 2.75) is 24.4 Å². The zero-order valence-electron chi connectivity index (χ0n) is 12.4. The van der Waals surface area contributed by atoms with Crippen molar-refractivity contribution in [2.24, 2.45) is 5.10 Å². The van der Waals surface area contributed by atoms with Gasteiger partial charge < -0.3 is 25.5 Å². The van der Waals surface area contributed by atoms with E-state index in [1.165, 1.54) is 0 Å². The van der Waals surface area contributed by atoms with E-state index < -0.39 is 31.0 Å². The number of H-pyrrole nitrogens is 1. The normalized spacial score (nSPS) is 16.9. The van der Waals surface area contributed by atoms with E-state index in [1.54, 1.807) is 24.3 Å². The summed E-state index contributed by atoms with van der Waals surface area (Å²) in [4.78, 5) is 18.4. The monoisotopic (exact) mass is 338 g/mol. The predicted molar refractivity (Wildman–Crippen MR) is 85.6 cm³/mol. The number of nitrogens with zero attached hydrogens (tertiary/aromatic N) is 2. The molecule has 0 amide bonds. The maximum atomic E-state index is 11.8. The highest BCUT2D eigenvalue weighted by Crippen LogP contribution is 2.08. The highest BCUT2D eigenvalue weighted by atomic mass is 16.4. The van der Waals surface area contributed by atoms with E-state index in [4.69, 9.17) is 5.11 Å². The molecule has 1 heterocycles. The minimum atomic E-state index is -1.76. The van der Waals surface area contributed by atoms with Crippen LogP contribution in [0.2, 0.25) is 0 Å². The number of nitrogens with one attached hydrogen (secondary N) is 2. The SMILES string of the molecule is O=c1[nH]c(N/N=C/[C@H](O)[C@@H](O)[C@@H](O)[C@H](O)CO)nc2ccccc12. The minimum Gasteiger partial charge on any atom is -0.394 e. The summed E-state index contributed by atoms with van der Waals surface area (Å²) in [6, 6.07) is 6.68. The van der Waals surface area contributed by atoms with Gasteiger partial charge in [-0.15, -0.1) is 0 Å². The van der Waals surface area contributed by atoms with Crippen molar-refractivity contribution in [3.8, 4) is 0 Å². The second-order valence-corrected chi connectivity index (χ2v) is 5.04. The third kappa shape index (κ3) is 4.13. The second-order valence-electron chi connectivity index (χ2n) is 5.04. The summed E-state index contributed by atoms with van der Waals surface area (Å²) in [5, 5.41) is 50.6. The van der Waals surface area contributed by atoms with Crippen LogP contribution < -0.4 is 11.0 Å². The number of rotatable bonds is 7. The molecular formula is C14H18N4O6. The number of hydrogen-bond acceptors (Lipinski definition) is 9. The second kappa shape index (κ2) is 7.95. The van der Waals surface area contributed by atoms with Crippen molar-refractivity contribution >= 4 is 23.1 Å². The van der Waals surface area contributed by atoms with Gasteiger partial charge in [-0.2, -0.15) is 5.10 Å². The fourth-order valence-electron chi connectivity index (χ4n) is 1.94. The van der Waals surface area contributed by atoms with Gasteiger partial charge in [0, 0.05) is 0 Å². The molecule has 24 heavy (non-hydrogen) atoms. The lowest BCUT2D eigenvalue weighted by atomic mass is 10.0. The number of aliphatic hydroxyl groups excluding tert-OH is 5. The average molecular weight is 338 g/mol. The number of benzene rings is 1. The van der Waals surface area contributed by atoms with Crippen LogP contribution in [-0.4, -0.2) is 72.7 Å². The Morgan fingerprint density at radius 1 is 1.21 bits per heavy atom. The maximum absolute atomic E-state index is 11.8. The number of aromatic nitrogens is 2. The van der Waals surface area contributed by atoms with Crippen molar-refractivity contribution in [2.75, 3.05) is 12.0 Å². The van der Waals surface area contributed by atoms with Crippen LogP contribution in [0.25, 0.3) is 10.9 Å². The number of aromatic amines is 1. The van der Waals surface area contributed by atoms with Crippen LogP contribution in [0.4, 0.5) is 5.95 Å². The first-order valence-electron chi connectivity index (χ1n) is 7.05. The largest absolute Gasteiger partial charge is 0.394 e. The molecule has 2 aromatic rings. The zero-order valence-corrected chi connectivity index (χ0v) is 12.4. The van der Waals surface area contributed by atoms with Gasteiger partial charge in [0.2, 0.25) is 5.95 Å². The summed E-state index contributed by atoms with van der Waals surface area (Å²) in [7, 11) is 0. The molecule has 0 aliphatic carbocycles. The first-order valence-corrected chi connectivity index (χ1v) is 7.05. The van der Waals surface area contributed by atoms with Crippen LogP contribution in [-0.2, 0) is 0 Å². The zero-order chi connectivity index (χ0) is 17.7. The molecule has 130 valence electrons.